The molecule has 2 N–H and O–H groups in total. The van der Waals surface area contributed by atoms with Crippen LogP contribution in [0.5, 0.6) is 0 Å². The number of hydrogen-bond acceptors (Lipinski definition) is 2. The normalized spacial score (nSPS) is 46.2. The van der Waals surface area contributed by atoms with E-state index in [9.17, 15) is 4.79 Å². The van der Waals surface area contributed by atoms with E-state index in [1.807, 2.05) is 0 Å². The van der Waals surface area contributed by atoms with Gasteiger partial charge in [0.1, 0.15) is 0 Å². The minimum absolute atomic E-state index is 0.291. The Morgan fingerprint density at radius 3 is 2.24 bits per heavy atom. The molecule has 2 bridgehead atoms. The van der Waals surface area contributed by atoms with Gasteiger partial charge in [0.2, 0.25) is 5.91 Å². The average molecular weight is 290 g/mol. The van der Waals surface area contributed by atoms with Gasteiger partial charge in [-0.3, -0.25) is 4.79 Å². The molecule has 118 valence electrons. The summed E-state index contributed by atoms with van der Waals surface area (Å²) in [7, 11) is 0. The fraction of sp³-hybridized carbons (Fsp3) is 0.944. The number of nitrogens with zero attached hydrogens (tertiary/aromatic N) is 1. The van der Waals surface area contributed by atoms with Crippen molar-refractivity contribution in [2.75, 3.05) is 6.54 Å². The van der Waals surface area contributed by atoms with Crippen LogP contribution in [0.4, 0.5) is 0 Å². The zero-order valence-electron chi connectivity index (χ0n) is 13.2. The van der Waals surface area contributed by atoms with Gasteiger partial charge in [0.05, 0.1) is 0 Å². The molecule has 0 aromatic carbocycles. The summed E-state index contributed by atoms with van der Waals surface area (Å²) in [6, 6.07) is 0.963. The predicted octanol–water partition coefficient (Wildman–Crippen LogP) is 2.93. The van der Waals surface area contributed by atoms with Gasteiger partial charge in [-0.2, -0.15) is 0 Å². The second-order valence-corrected chi connectivity index (χ2v) is 8.13. The quantitative estimate of drug-likeness (QED) is 0.807. The third-order valence-corrected chi connectivity index (χ3v) is 7.04. The van der Waals surface area contributed by atoms with E-state index in [1.165, 1.54) is 51.4 Å². The van der Waals surface area contributed by atoms with Crippen LogP contribution in [0.15, 0.2) is 0 Å². The first-order chi connectivity index (χ1) is 10.2. The van der Waals surface area contributed by atoms with Gasteiger partial charge >= 0.3 is 0 Å². The first-order valence-corrected chi connectivity index (χ1v) is 9.30. The van der Waals surface area contributed by atoms with E-state index in [2.05, 4.69) is 4.90 Å². The number of carbonyl (C=O) groups is 1. The number of piperidine rings is 1. The van der Waals surface area contributed by atoms with Gasteiger partial charge in [0.15, 0.2) is 0 Å². The molecule has 3 aliphatic carbocycles. The van der Waals surface area contributed by atoms with Crippen molar-refractivity contribution in [1.29, 1.82) is 0 Å². The highest BCUT2D eigenvalue weighted by Crippen LogP contribution is 2.44. The van der Waals surface area contributed by atoms with E-state index in [4.69, 9.17) is 5.73 Å². The van der Waals surface area contributed by atoms with Crippen LogP contribution in [-0.2, 0) is 4.79 Å². The summed E-state index contributed by atoms with van der Waals surface area (Å²) in [4.78, 5) is 15.4. The lowest BCUT2D eigenvalue weighted by Gasteiger charge is -2.46. The second-order valence-electron chi connectivity index (χ2n) is 8.13. The monoisotopic (exact) mass is 290 g/mol. The van der Waals surface area contributed by atoms with Gasteiger partial charge in [0.25, 0.3) is 0 Å². The van der Waals surface area contributed by atoms with Crippen LogP contribution in [0.1, 0.15) is 64.2 Å². The summed E-state index contributed by atoms with van der Waals surface area (Å²) in [5.74, 6) is 2.84. The molecule has 4 rings (SSSR count). The van der Waals surface area contributed by atoms with Gasteiger partial charge in [-0.1, -0.05) is 12.8 Å². The first-order valence-electron chi connectivity index (χ1n) is 9.30. The Bertz CT molecular complexity index is 396. The lowest BCUT2D eigenvalue weighted by Crippen LogP contribution is -2.53. The van der Waals surface area contributed by atoms with Gasteiger partial charge < -0.3 is 10.6 Å². The molecule has 3 heteroatoms. The van der Waals surface area contributed by atoms with Crippen molar-refractivity contribution in [3.05, 3.63) is 0 Å². The molecule has 4 fully saturated rings. The predicted molar refractivity (Wildman–Crippen MR) is 83.6 cm³/mol. The summed E-state index contributed by atoms with van der Waals surface area (Å²) in [5.41, 5.74) is 6.39. The largest absolute Gasteiger partial charge is 0.339 e. The number of nitrogens with two attached hydrogens (primary N) is 1. The topological polar surface area (TPSA) is 46.3 Å². The molecule has 0 spiro atoms. The molecule has 1 amide bonds. The molecule has 1 saturated heterocycles. The van der Waals surface area contributed by atoms with Crippen molar-refractivity contribution in [3.63, 3.8) is 0 Å². The summed E-state index contributed by atoms with van der Waals surface area (Å²) < 4.78 is 0. The van der Waals surface area contributed by atoms with Crippen LogP contribution in [0.3, 0.4) is 0 Å². The highest BCUT2D eigenvalue weighted by Gasteiger charge is 2.44. The van der Waals surface area contributed by atoms with Crippen molar-refractivity contribution in [2.24, 2.45) is 29.4 Å². The van der Waals surface area contributed by atoms with Crippen molar-refractivity contribution < 1.29 is 4.79 Å². The Morgan fingerprint density at radius 1 is 0.857 bits per heavy atom. The average Bonchev–Trinajstić information content (AvgIpc) is 2.94. The highest BCUT2D eigenvalue weighted by atomic mass is 16.2. The maximum absolute atomic E-state index is 13.1. The summed E-state index contributed by atoms with van der Waals surface area (Å²) in [6.07, 6.45) is 12.5. The zero-order valence-corrected chi connectivity index (χ0v) is 13.2. The Hall–Kier alpha value is -0.570. The maximum Gasteiger partial charge on any atom is 0.225 e. The molecular formula is C18H30N2O. The van der Waals surface area contributed by atoms with E-state index < -0.39 is 0 Å². The third kappa shape index (κ3) is 2.42. The number of carbonyl (C=O) groups excluding carboxylic acids is 1. The number of hydrogen-bond donors (Lipinski definition) is 1. The molecule has 1 heterocycles. The maximum atomic E-state index is 13.1. The Morgan fingerprint density at radius 2 is 1.48 bits per heavy atom. The fourth-order valence-electron chi connectivity index (χ4n) is 5.95. The van der Waals surface area contributed by atoms with Crippen LogP contribution >= 0.6 is 0 Å². The van der Waals surface area contributed by atoms with Crippen LogP contribution in [0, 0.1) is 23.7 Å². The molecule has 1 aliphatic heterocycles. The van der Waals surface area contributed by atoms with E-state index in [-0.39, 0.29) is 0 Å². The van der Waals surface area contributed by atoms with Crippen molar-refractivity contribution in [3.8, 4) is 0 Å². The van der Waals surface area contributed by atoms with Gasteiger partial charge in [-0.15, -0.1) is 0 Å². The highest BCUT2D eigenvalue weighted by molar-refractivity contribution is 5.79. The first kappa shape index (κ1) is 14.0. The SMILES string of the molecule is NC1C2CCCC1CC(C(=O)N1CCCC3CCCC31)C2. The number of amides is 1. The molecule has 3 nitrogen and oxygen atoms in total. The fourth-order valence-corrected chi connectivity index (χ4v) is 5.95. The lowest BCUT2D eigenvalue weighted by atomic mass is 9.64. The summed E-state index contributed by atoms with van der Waals surface area (Å²) >= 11 is 0. The van der Waals surface area contributed by atoms with E-state index in [0.29, 0.717) is 35.7 Å². The minimum Gasteiger partial charge on any atom is -0.339 e. The summed E-state index contributed by atoms with van der Waals surface area (Å²) in [6.45, 7) is 1.03. The van der Waals surface area contributed by atoms with Crippen LogP contribution < -0.4 is 5.73 Å². The molecule has 21 heavy (non-hydrogen) atoms. The van der Waals surface area contributed by atoms with Gasteiger partial charge in [0, 0.05) is 24.5 Å². The lowest BCUT2D eigenvalue weighted by molar-refractivity contribution is -0.143. The van der Waals surface area contributed by atoms with E-state index in [1.54, 1.807) is 0 Å². The van der Waals surface area contributed by atoms with E-state index in [0.717, 1.165) is 25.3 Å². The molecule has 4 atom stereocenters. The van der Waals surface area contributed by atoms with Crippen LogP contribution in [0.2, 0.25) is 0 Å². The van der Waals surface area contributed by atoms with Gasteiger partial charge in [-0.05, 0) is 69.1 Å². The Balaban J connectivity index is 1.47. The smallest absolute Gasteiger partial charge is 0.225 e. The molecule has 4 aliphatic rings. The van der Waals surface area contributed by atoms with Gasteiger partial charge in [-0.25, -0.2) is 0 Å². The molecule has 0 aromatic heterocycles. The molecular weight excluding hydrogens is 260 g/mol. The van der Waals surface area contributed by atoms with Crippen LogP contribution in [-0.4, -0.2) is 29.4 Å². The van der Waals surface area contributed by atoms with E-state index >= 15 is 0 Å². The Kier molecular flexibility index (Phi) is 3.72. The molecule has 3 saturated carbocycles. The van der Waals surface area contributed by atoms with Crippen molar-refractivity contribution in [2.45, 2.75) is 76.3 Å². The van der Waals surface area contributed by atoms with Crippen molar-refractivity contribution in [1.82, 2.24) is 4.90 Å². The number of rotatable bonds is 1. The Labute approximate surface area is 128 Å². The second kappa shape index (κ2) is 5.57. The molecule has 0 aromatic rings. The minimum atomic E-state index is 0.291. The summed E-state index contributed by atoms with van der Waals surface area (Å²) in [5, 5.41) is 0. The molecule has 0 radical (unpaired) electrons. The standard InChI is InChI=1S/C18H30N2O/c19-17-13-5-1-6-14(17)11-15(10-13)18(21)20-9-3-7-12-4-2-8-16(12)20/h12-17H,1-11,19H2. The molecule has 4 unspecified atom stereocenters. The number of likely N-dealkylation sites (tertiary alicyclic amines) is 1. The number of fused-ring (bicyclic) bond motifs is 3. The third-order valence-electron chi connectivity index (χ3n) is 7.04. The van der Waals surface area contributed by atoms with Crippen LogP contribution in [0.25, 0.3) is 0 Å². The van der Waals surface area contributed by atoms with Crippen molar-refractivity contribution >= 4 is 5.91 Å². The zero-order chi connectivity index (χ0) is 14.4.